The van der Waals surface area contributed by atoms with E-state index >= 15 is 0 Å². The summed E-state index contributed by atoms with van der Waals surface area (Å²) < 4.78 is 18.3. The predicted octanol–water partition coefficient (Wildman–Crippen LogP) is 1.52. The van der Waals surface area contributed by atoms with Crippen LogP contribution < -0.4 is 5.32 Å². The van der Waals surface area contributed by atoms with Crippen molar-refractivity contribution in [3.63, 3.8) is 0 Å². The Hall–Kier alpha value is -2.33. The molecule has 190 valence electrons. The Morgan fingerprint density at radius 1 is 1.21 bits per heavy atom. The van der Waals surface area contributed by atoms with Gasteiger partial charge in [-0.05, 0) is 42.9 Å². The van der Waals surface area contributed by atoms with Gasteiger partial charge >= 0.3 is 0 Å². The maximum absolute atomic E-state index is 13.2. The van der Waals surface area contributed by atoms with Crippen molar-refractivity contribution in [3.8, 4) is 0 Å². The van der Waals surface area contributed by atoms with E-state index in [2.05, 4.69) is 5.32 Å². The number of carbonyl (C=O) groups excluding carboxylic acids is 2. The number of nitrogens with one attached hydrogen (secondary N) is 1. The maximum Gasteiger partial charge on any atom is 0.252 e. The van der Waals surface area contributed by atoms with Crippen molar-refractivity contribution >= 4 is 11.8 Å². The molecule has 0 aliphatic carbocycles. The number of likely N-dealkylation sites (tertiary alicyclic amines) is 1. The van der Waals surface area contributed by atoms with Gasteiger partial charge in [0.15, 0.2) is 6.10 Å². The minimum absolute atomic E-state index is 0.180. The summed E-state index contributed by atoms with van der Waals surface area (Å²) in [5.41, 5.74) is 0.773. The van der Waals surface area contributed by atoms with Crippen LogP contribution >= 0.6 is 0 Å². The third-order valence-electron chi connectivity index (χ3n) is 6.19. The van der Waals surface area contributed by atoms with Crippen LogP contribution in [0.1, 0.15) is 45.1 Å². The lowest BCUT2D eigenvalue weighted by atomic mass is 9.99. The lowest BCUT2D eigenvalue weighted by Crippen LogP contribution is -2.55. The molecule has 4 N–H and O–H groups in total. The molecule has 0 aromatic heterocycles. The lowest BCUT2D eigenvalue weighted by Gasteiger charge is -2.29. The third-order valence-corrected chi connectivity index (χ3v) is 6.19. The number of ether oxygens (including phenoxy) is 1. The molecule has 34 heavy (non-hydrogen) atoms. The Morgan fingerprint density at radius 2 is 1.88 bits per heavy atom. The zero-order chi connectivity index (χ0) is 25.3. The zero-order valence-corrected chi connectivity index (χ0v) is 20.1. The van der Waals surface area contributed by atoms with Crippen molar-refractivity contribution in [2.75, 3.05) is 13.7 Å². The first-order chi connectivity index (χ1) is 16.2. The highest BCUT2D eigenvalue weighted by molar-refractivity contribution is 5.89. The van der Waals surface area contributed by atoms with Crippen LogP contribution in [0, 0.1) is 11.7 Å². The molecule has 2 unspecified atom stereocenters. The third kappa shape index (κ3) is 7.87. The maximum atomic E-state index is 13.2. The average molecular weight is 481 g/mol. The molecule has 1 fully saturated rings. The summed E-state index contributed by atoms with van der Waals surface area (Å²) in [6, 6.07) is 5.06. The fourth-order valence-corrected chi connectivity index (χ4v) is 3.80. The number of halogens is 1. The minimum Gasteiger partial charge on any atom is -0.387 e. The van der Waals surface area contributed by atoms with Crippen LogP contribution in [-0.4, -0.2) is 76.1 Å². The molecular formula is C25H37FN2O6. The van der Waals surface area contributed by atoms with Crippen LogP contribution in [0.3, 0.4) is 0 Å². The smallest absolute Gasteiger partial charge is 0.252 e. The van der Waals surface area contributed by atoms with Gasteiger partial charge < -0.3 is 30.3 Å². The van der Waals surface area contributed by atoms with Crippen molar-refractivity contribution < 1.29 is 34.0 Å². The van der Waals surface area contributed by atoms with Gasteiger partial charge in [-0.3, -0.25) is 9.59 Å². The molecule has 1 aromatic rings. The summed E-state index contributed by atoms with van der Waals surface area (Å²) in [5, 5.41) is 33.7. The van der Waals surface area contributed by atoms with E-state index in [1.165, 1.54) is 25.3 Å². The zero-order valence-electron chi connectivity index (χ0n) is 20.1. The molecular weight excluding hydrogens is 443 g/mol. The Morgan fingerprint density at radius 3 is 2.50 bits per heavy atom. The molecule has 0 saturated carbocycles. The van der Waals surface area contributed by atoms with Crippen LogP contribution in [0.4, 0.5) is 4.39 Å². The number of allylic oxidation sites excluding steroid dienone is 1. The topological polar surface area (TPSA) is 119 Å². The molecule has 1 aromatic carbocycles. The van der Waals surface area contributed by atoms with E-state index in [9.17, 15) is 29.3 Å². The number of aliphatic hydroxyl groups is 3. The SMILES string of the molecule is CCC(C)C=C[C@@H](O)[C@H](O)[C@@H](O)[C@@H](OC)C(=O)NC1CCCCN(Cc2ccc(F)cc2)C1=O. The second kappa shape index (κ2) is 13.5. The highest BCUT2D eigenvalue weighted by Gasteiger charge is 2.37. The van der Waals surface area contributed by atoms with Gasteiger partial charge in [-0.25, -0.2) is 4.39 Å². The van der Waals surface area contributed by atoms with Crippen LogP contribution in [0.2, 0.25) is 0 Å². The molecule has 9 heteroatoms. The van der Waals surface area contributed by atoms with Gasteiger partial charge in [-0.15, -0.1) is 0 Å². The summed E-state index contributed by atoms with van der Waals surface area (Å²) >= 11 is 0. The van der Waals surface area contributed by atoms with Gasteiger partial charge in [0, 0.05) is 20.2 Å². The Bertz CT molecular complexity index is 818. The van der Waals surface area contributed by atoms with Crippen molar-refractivity contribution in [1.29, 1.82) is 0 Å². The normalized spacial score (nSPS) is 21.6. The quantitative estimate of drug-likeness (QED) is 0.357. The van der Waals surface area contributed by atoms with E-state index in [1.54, 1.807) is 23.1 Å². The second-order valence-corrected chi connectivity index (χ2v) is 8.84. The summed E-state index contributed by atoms with van der Waals surface area (Å²) in [6.45, 7) is 4.72. The second-order valence-electron chi connectivity index (χ2n) is 8.84. The molecule has 2 rings (SSSR count). The molecule has 1 aliphatic rings. The molecule has 1 saturated heterocycles. The van der Waals surface area contributed by atoms with Gasteiger partial charge in [0.2, 0.25) is 5.91 Å². The van der Waals surface area contributed by atoms with E-state index in [-0.39, 0.29) is 24.2 Å². The largest absolute Gasteiger partial charge is 0.387 e. The number of hydrogen-bond donors (Lipinski definition) is 4. The van der Waals surface area contributed by atoms with Gasteiger partial charge in [0.25, 0.3) is 5.91 Å². The van der Waals surface area contributed by atoms with Crippen molar-refractivity contribution in [2.45, 2.75) is 76.5 Å². The van der Waals surface area contributed by atoms with E-state index < -0.39 is 36.4 Å². The number of hydrogen-bond acceptors (Lipinski definition) is 6. The van der Waals surface area contributed by atoms with Crippen molar-refractivity contribution in [1.82, 2.24) is 10.2 Å². The predicted molar refractivity (Wildman–Crippen MR) is 125 cm³/mol. The molecule has 0 spiro atoms. The molecule has 1 heterocycles. The van der Waals surface area contributed by atoms with Crippen molar-refractivity contribution in [3.05, 3.63) is 47.8 Å². The summed E-state index contributed by atoms with van der Waals surface area (Å²) in [7, 11) is 1.21. The first kappa shape index (κ1) is 27.9. The van der Waals surface area contributed by atoms with Gasteiger partial charge in [0.1, 0.15) is 30.2 Å². The molecule has 1 aliphatic heterocycles. The summed E-state index contributed by atoms with van der Waals surface area (Å²) in [5.74, 6) is -1.21. The average Bonchev–Trinajstić information content (AvgIpc) is 2.99. The highest BCUT2D eigenvalue weighted by Crippen LogP contribution is 2.17. The summed E-state index contributed by atoms with van der Waals surface area (Å²) in [4.78, 5) is 27.6. The fourth-order valence-electron chi connectivity index (χ4n) is 3.80. The Balaban J connectivity index is 2.04. The molecule has 2 amide bonds. The van der Waals surface area contributed by atoms with Gasteiger partial charge in [-0.1, -0.05) is 44.6 Å². The van der Waals surface area contributed by atoms with Crippen molar-refractivity contribution in [2.24, 2.45) is 5.92 Å². The Labute approximate surface area is 200 Å². The lowest BCUT2D eigenvalue weighted by molar-refractivity contribution is -0.151. The number of benzene rings is 1. The summed E-state index contributed by atoms with van der Waals surface area (Å²) in [6.07, 6.45) is -0.408. The van der Waals surface area contributed by atoms with Gasteiger partial charge in [0.05, 0.1) is 0 Å². The molecule has 8 nitrogen and oxygen atoms in total. The number of aliphatic hydroxyl groups excluding tert-OH is 3. The van der Waals surface area contributed by atoms with Crippen LogP contribution in [-0.2, 0) is 20.9 Å². The first-order valence-corrected chi connectivity index (χ1v) is 11.8. The molecule has 0 radical (unpaired) electrons. The number of carbonyl (C=O) groups is 2. The van der Waals surface area contributed by atoms with E-state index in [0.717, 1.165) is 18.4 Å². The number of amides is 2. The van der Waals surface area contributed by atoms with E-state index in [0.29, 0.717) is 19.4 Å². The number of rotatable bonds is 11. The van der Waals surface area contributed by atoms with Crippen LogP contribution in [0.15, 0.2) is 36.4 Å². The van der Waals surface area contributed by atoms with E-state index in [1.807, 2.05) is 13.8 Å². The fraction of sp³-hybridized carbons (Fsp3) is 0.600. The first-order valence-electron chi connectivity index (χ1n) is 11.8. The molecule has 6 atom stereocenters. The van der Waals surface area contributed by atoms with Crippen LogP contribution in [0.25, 0.3) is 0 Å². The highest BCUT2D eigenvalue weighted by atomic mass is 19.1. The number of methoxy groups -OCH3 is 1. The molecule has 0 bridgehead atoms. The Kier molecular flexibility index (Phi) is 11.1. The standard InChI is InChI=1S/C25H37FN2O6/c1-4-16(2)8-13-20(29)21(30)22(31)23(34-3)24(32)27-19-7-5-6-14-28(25(19)33)15-17-9-11-18(26)12-10-17/h8-13,16,19-23,29-31H,4-7,14-15H2,1-3H3,(H,27,32)/t16?,19?,20-,21+,22-,23-/m1/s1. The van der Waals surface area contributed by atoms with Gasteiger partial charge in [-0.2, -0.15) is 0 Å². The van der Waals surface area contributed by atoms with E-state index in [4.69, 9.17) is 4.74 Å². The van der Waals surface area contributed by atoms with Crippen LogP contribution in [0.5, 0.6) is 0 Å². The number of nitrogens with zero attached hydrogens (tertiary/aromatic N) is 1. The monoisotopic (exact) mass is 480 g/mol. The minimum atomic E-state index is -1.71.